The number of nitrogens with one attached hydrogen (secondary N) is 1. The summed E-state index contributed by atoms with van der Waals surface area (Å²) in [5.41, 5.74) is 1.47. The van der Waals surface area contributed by atoms with E-state index in [1.165, 1.54) is 11.3 Å². The number of halogens is 1. The van der Waals surface area contributed by atoms with Gasteiger partial charge in [0.05, 0.1) is 11.8 Å². The van der Waals surface area contributed by atoms with Crippen LogP contribution in [-0.2, 0) is 0 Å². The second kappa shape index (κ2) is 6.06. The van der Waals surface area contributed by atoms with Crippen LogP contribution in [0, 0.1) is 0 Å². The van der Waals surface area contributed by atoms with Gasteiger partial charge in [-0.05, 0) is 30.3 Å². The number of pyridine rings is 1. The number of rotatable bonds is 4. The first-order valence-electron chi connectivity index (χ1n) is 6.89. The number of thiazole rings is 1. The van der Waals surface area contributed by atoms with Crippen molar-refractivity contribution in [2.45, 2.75) is 0 Å². The molecule has 0 aliphatic rings. The summed E-state index contributed by atoms with van der Waals surface area (Å²) in [7, 11) is 1.56. The van der Waals surface area contributed by atoms with Crippen molar-refractivity contribution in [3.05, 3.63) is 41.6 Å². The highest BCUT2D eigenvalue weighted by Gasteiger charge is 2.13. The Hall–Kier alpha value is -2.71. The second-order valence-electron chi connectivity index (χ2n) is 4.73. The molecule has 0 amide bonds. The summed E-state index contributed by atoms with van der Waals surface area (Å²) in [6.07, 6.45) is 1.68. The number of nitrogens with zero attached hydrogens (tertiary/aromatic N) is 4. The molecule has 120 valence electrons. The number of benzene rings is 1. The zero-order valence-electron chi connectivity index (χ0n) is 12.4. The fourth-order valence-corrected chi connectivity index (χ4v) is 3.08. The summed E-state index contributed by atoms with van der Waals surface area (Å²) < 4.78 is 11.8. The van der Waals surface area contributed by atoms with Crippen LogP contribution in [-0.4, -0.2) is 27.3 Å². The maximum absolute atomic E-state index is 5.87. The third-order valence-electron chi connectivity index (χ3n) is 3.20. The third kappa shape index (κ3) is 2.77. The Morgan fingerprint density at radius 2 is 2.00 bits per heavy atom. The molecule has 7 nitrogen and oxygen atoms in total. The first kappa shape index (κ1) is 14.9. The fraction of sp³-hybridized carbons (Fsp3) is 0.0667. The minimum atomic E-state index is 0.255. The second-order valence-corrected chi connectivity index (χ2v) is 6.20. The highest BCUT2D eigenvalue weighted by molar-refractivity contribution is 7.22. The summed E-state index contributed by atoms with van der Waals surface area (Å²) in [6.45, 7) is 0. The largest absolute Gasteiger partial charge is 0.479 e. The lowest BCUT2D eigenvalue weighted by atomic mass is 10.2. The molecule has 4 rings (SSSR count). The molecule has 3 heterocycles. The van der Waals surface area contributed by atoms with Gasteiger partial charge in [0.1, 0.15) is 5.52 Å². The Kier molecular flexibility index (Phi) is 3.75. The van der Waals surface area contributed by atoms with E-state index in [2.05, 4.69) is 25.5 Å². The van der Waals surface area contributed by atoms with Crippen molar-refractivity contribution in [3.63, 3.8) is 0 Å². The molecule has 9 heteroatoms. The predicted molar refractivity (Wildman–Crippen MR) is 92.0 cm³/mol. The van der Waals surface area contributed by atoms with Crippen LogP contribution in [0.3, 0.4) is 0 Å². The van der Waals surface area contributed by atoms with E-state index in [0.717, 1.165) is 10.3 Å². The van der Waals surface area contributed by atoms with Crippen LogP contribution in [0.25, 0.3) is 21.7 Å². The van der Waals surface area contributed by atoms with E-state index in [4.69, 9.17) is 20.8 Å². The van der Waals surface area contributed by atoms with Crippen molar-refractivity contribution in [2.75, 3.05) is 12.4 Å². The lowest BCUT2D eigenvalue weighted by Gasteiger charge is -1.96. The third-order valence-corrected chi connectivity index (χ3v) is 4.39. The molecule has 4 aromatic rings. The van der Waals surface area contributed by atoms with Gasteiger partial charge in [0.2, 0.25) is 11.8 Å². The number of hydrogen-bond donors (Lipinski definition) is 1. The van der Waals surface area contributed by atoms with E-state index in [-0.39, 0.29) is 6.01 Å². The van der Waals surface area contributed by atoms with Gasteiger partial charge < -0.3 is 9.15 Å². The lowest BCUT2D eigenvalue weighted by Crippen LogP contribution is -1.90. The molecule has 0 bridgehead atoms. The Labute approximate surface area is 145 Å². The van der Waals surface area contributed by atoms with Crippen LogP contribution in [0.2, 0.25) is 5.02 Å². The molecule has 0 saturated heterocycles. The van der Waals surface area contributed by atoms with Gasteiger partial charge in [0, 0.05) is 16.8 Å². The quantitative estimate of drug-likeness (QED) is 0.585. The average Bonchev–Trinajstić information content (AvgIpc) is 3.22. The minimum Gasteiger partial charge on any atom is -0.479 e. The molecule has 0 saturated carbocycles. The topological polar surface area (TPSA) is 86.0 Å². The van der Waals surface area contributed by atoms with Crippen molar-refractivity contribution < 1.29 is 9.15 Å². The first-order chi connectivity index (χ1) is 11.7. The molecule has 0 aliphatic carbocycles. The minimum absolute atomic E-state index is 0.255. The molecule has 0 radical (unpaired) electrons. The number of anilines is 2. The molecule has 0 aliphatic heterocycles. The molecule has 1 N–H and O–H groups in total. The molecule has 0 atom stereocenters. The zero-order valence-corrected chi connectivity index (χ0v) is 13.9. The van der Waals surface area contributed by atoms with Crippen molar-refractivity contribution in [1.29, 1.82) is 0 Å². The summed E-state index contributed by atoms with van der Waals surface area (Å²) in [4.78, 5) is 8.58. The summed E-state index contributed by atoms with van der Waals surface area (Å²) in [5.74, 6) is 0.874. The molecular weight excluding hydrogens is 350 g/mol. The summed E-state index contributed by atoms with van der Waals surface area (Å²) in [6, 6.07) is 9.28. The molecular formula is C15H10ClN5O2S. The van der Waals surface area contributed by atoms with Gasteiger partial charge in [-0.25, -0.2) is 9.97 Å². The molecule has 0 spiro atoms. The van der Waals surface area contributed by atoms with E-state index >= 15 is 0 Å². The van der Waals surface area contributed by atoms with E-state index in [9.17, 15) is 0 Å². The van der Waals surface area contributed by atoms with E-state index < -0.39 is 0 Å². The van der Waals surface area contributed by atoms with Crippen LogP contribution >= 0.6 is 22.9 Å². The fourth-order valence-electron chi connectivity index (χ4n) is 2.11. The Morgan fingerprint density at radius 1 is 1.17 bits per heavy atom. The average molecular weight is 360 g/mol. The number of aromatic nitrogens is 4. The number of ether oxygens (including phenoxy) is 1. The molecule has 0 fully saturated rings. The number of methoxy groups -OCH3 is 1. The normalized spacial score (nSPS) is 10.9. The Morgan fingerprint density at radius 3 is 2.79 bits per heavy atom. The summed E-state index contributed by atoms with van der Waals surface area (Å²) >= 11 is 7.32. The first-order valence-corrected chi connectivity index (χ1v) is 8.08. The van der Waals surface area contributed by atoms with Crippen molar-refractivity contribution in [2.24, 2.45) is 0 Å². The highest BCUT2D eigenvalue weighted by Crippen LogP contribution is 2.32. The van der Waals surface area contributed by atoms with E-state index in [1.807, 2.05) is 18.2 Å². The van der Waals surface area contributed by atoms with Crippen molar-refractivity contribution in [1.82, 2.24) is 20.2 Å². The Balaban J connectivity index is 1.61. The van der Waals surface area contributed by atoms with Crippen molar-refractivity contribution >= 4 is 44.3 Å². The van der Waals surface area contributed by atoms with Crippen molar-refractivity contribution in [3.8, 4) is 17.3 Å². The van der Waals surface area contributed by atoms with Crippen LogP contribution in [0.4, 0.5) is 11.1 Å². The molecule has 3 aromatic heterocycles. The van der Waals surface area contributed by atoms with Gasteiger partial charge in [-0.3, -0.25) is 5.32 Å². The van der Waals surface area contributed by atoms with Crippen LogP contribution in [0.1, 0.15) is 0 Å². The maximum atomic E-state index is 5.87. The summed E-state index contributed by atoms with van der Waals surface area (Å²) in [5, 5.41) is 12.3. The number of fused-ring (bicyclic) bond motifs is 1. The molecule has 24 heavy (non-hydrogen) atoms. The Bertz CT molecular complexity index is 999. The van der Waals surface area contributed by atoms with Gasteiger partial charge in [-0.2, -0.15) is 0 Å². The maximum Gasteiger partial charge on any atom is 0.322 e. The lowest BCUT2D eigenvalue weighted by molar-refractivity contribution is 0.402. The van der Waals surface area contributed by atoms with Gasteiger partial charge in [-0.1, -0.05) is 28.0 Å². The molecule has 1 aromatic carbocycles. The van der Waals surface area contributed by atoms with E-state index in [1.54, 1.807) is 25.4 Å². The van der Waals surface area contributed by atoms with Gasteiger partial charge >= 0.3 is 6.01 Å². The smallest absolute Gasteiger partial charge is 0.322 e. The van der Waals surface area contributed by atoms with Crippen LogP contribution in [0.15, 0.2) is 40.9 Å². The standard InChI is InChI=1S/C15H10ClN5O2S/c1-22-13-11-10(6-7-17-13)24-15(18-11)19-14-21-20-12(23-14)8-2-4-9(16)5-3-8/h2-7H,1H3,(H,18,19,21). The van der Waals surface area contributed by atoms with Crippen LogP contribution < -0.4 is 10.1 Å². The van der Waals surface area contributed by atoms with Gasteiger partial charge in [-0.15, -0.1) is 5.10 Å². The van der Waals surface area contributed by atoms with E-state index in [0.29, 0.717) is 27.4 Å². The van der Waals surface area contributed by atoms with Crippen LogP contribution in [0.5, 0.6) is 5.88 Å². The van der Waals surface area contributed by atoms with Gasteiger partial charge in [0.25, 0.3) is 0 Å². The predicted octanol–water partition coefficient (Wildman–Crippen LogP) is 4.15. The molecule has 0 unspecified atom stereocenters. The monoisotopic (exact) mass is 359 g/mol. The van der Waals surface area contributed by atoms with Gasteiger partial charge in [0.15, 0.2) is 5.13 Å². The number of hydrogen-bond acceptors (Lipinski definition) is 8. The zero-order chi connectivity index (χ0) is 16.5. The SMILES string of the molecule is COc1nccc2sc(Nc3nnc(-c4ccc(Cl)cc4)o3)nc12. The highest BCUT2D eigenvalue weighted by atomic mass is 35.5.